The van der Waals surface area contributed by atoms with Crippen molar-refractivity contribution in [3.63, 3.8) is 0 Å². The highest BCUT2D eigenvalue weighted by molar-refractivity contribution is 14.1. The minimum atomic E-state index is -0.179. The van der Waals surface area contributed by atoms with Crippen LogP contribution in [0, 0.1) is 3.57 Å². The lowest BCUT2D eigenvalue weighted by atomic mass is 10.2. The molecule has 3 nitrogen and oxygen atoms in total. The number of thiophene rings is 1. The van der Waals surface area contributed by atoms with Gasteiger partial charge < -0.3 is 0 Å². The van der Waals surface area contributed by atoms with Crippen LogP contribution in [0.4, 0.5) is 0 Å². The van der Waals surface area contributed by atoms with Crippen molar-refractivity contribution in [1.29, 1.82) is 0 Å². The maximum Gasteiger partial charge on any atom is 0.281 e. The van der Waals surface area contributed by atoms with Crippen LogP contribution >= 0.6 is 33.9 Å². The minimum Gasteiger partial charge on any atom is -0.266 e. The molecule has 5 heteroatoms. The molecule has 2 rings (SSSR count). The quantitative estimate of drug-likeness (QED) is 0.513. The van der Waals surface area contributed by atoms with Crippen LogP contribution in [0.2, 0.25) is 0 Å². The minimum absolute atomic E-state index is 0.179. The third-order valence-electron chi connectivity index (χ3n) is 2.02. The fraction of sp³-hybridized carbons (Fsp3) is 0. The molecule has 0 radical (unpaired) electrons. The van der Waals surface area contributed by atoms with Gasteiger partial charge in [0.15, 0.2) is 0 Å². The van der Waals surface area contributed by atoms with Gasteiger partial charge in [0.2, 0.25) is 0 Å². The van der Waals surface area contributed by atoms with E-state index in [2.05, 4.69) is 33.1 Å². The van der Waals surface area contributed by atoms with E-state index in [0.717, 1.165) is 9.13 Å². The number of halogens is 1. The first-order chi connectivity index (χ1) is 8.27. The number of hydrogen-bond acceptors (Lipinski definition) is 3. The summed E-state index contributed by atoms with van der Waals surface area (Å²) in [6.07, 6.45) is 1.65. The number of carbonyl (C=O) groups excluding carboxylic acids is 1. The lowest BCUT2D eigenvalue weighted by molar-refractivity contribution is 0.0959. The van der Waals surface area contributed by atoms with Gasteiger partial charge in [-0.15, -0.1) is 11.3 Å². The maximum absolute atomic E-state index is 11.6. The molecule has 86 valence electrons. The van der Waals surface area contributed by atoms with Crippen LogP contribution in [-0.2, 0) is 0 Å². The molecular formula is C12H9IN2OS. The third kappa shape index (κ3) is 3.37. The standard InChI is InChI=1S/C12H9IN2OS/c13-10-5-2-1-4-9(10)8-14-15-12(16)11-6-3-7-17-11/h1-8H,(H,15,16)/b14-8-. The van der Waals surface area contributed by atoms with E-state index >= 15 is 0 Å². The Hall–Kier alpha value is -1.21. The predicted octanol–water partition coefficient (Wildman–Crippen LogP) is 3.12. The van der Waals surface area contributed by atoms with Gasteiger partial charge in [-0.25, -0.2) is 5.43 Å². The zero-order valence-corrected chi connectivity index (χ0v) is 11.7. The molecule has 1 aromatic carbocycles. The molecule has 0 aliphatic rings. The second-order valence-electron chi connectivity index (χ2n) is 3.20. The van der Waals surface area contributed by atoms with Crippen molar-refractivity contribution in [3.05, 3.63) is 55.8 Å². The molecule has 1 N–H and O–H groups in total. The highest BCUT2D eigenvalue weighted by atomic mass is 127. The Morgan fingerprint density at radius 3 is 2.82 bits per heavy atom. The van der Waals surface area contributed by atoms with Crippen LogP contribution in [0.1, 0.15) is 15.2 Å². The Balaban J connectivity index is 1.99. The fourth-order valence-electron chi connectivity index (χ4n) is 1.20. The number of nitrogens with zero attached hydrogens (tertiary/aromatic N) is 1. The van der Waals surface area contributed by atoms with Crippen LogP contribution in [-0.4, -0.2) is 12.1 Å². The molecule has 1 aromatic heterocycles. The van der Waals surface area contributed by atoms with Crippen LogP contribution in [0.15, 0.2) is 46.9 Å². The second-order valence-corrected chi connectivity index (χ2v) is 5.31. The molecule has 1 amide bonds. The fourth-order valence-corrected chi connectivity index (χ4v) is 2.34. The highest BCUT2D eigenvalue weighted by Crippen LogP contribution is 2.09. The van der Waals surface area contributed by atoms with Gasteiger partial charge in [-0.1, -0.05) is 24.3 Å². The summed E-state index contributed by atoms with van der Waals surface area (Å²) in [6, 6.07) is 11.4. The van der Waals surface area contributed by atoms with E-state index in [4.69, 9.17) is 0 Å². The van der Waals surface area contributed by atoms with E-state index in [0.29, 0.717) is 4.88 Å². The molecule has 0 saturated carbocycles. The summed E-state index contributed by atoms with van der Waals surface area (Å²) in [7, 11) is 0. The summed E-state index contributed by atoms with van der Waals surface area (Å²) in [4.78, 5) is 12.2. The van der Waals surface area contributed by atoms with Crippen LogP contribution in [0.25, 0.3) is 0 Å². The first-order valence-electron chi connectivity index (χ1n) is 4.89. The van der Waals surface area contributed by atoms with Crippen LogP contribution < -0.4 is 5.43 Å². The molecule has 17 heavy (non-hydrogen) atoms. The number of amides is 1. The van der Waals surface area contributed by atoms with E-state index in [9.17, 15) is 4.79 Å². The smallest absolute Gasteiger partial charge is 0.266 e. The van der Waals surface area contributed by atoms with Gasteiger partial charge in [0.25, 0.3) is 5.91 Å². The summed E-state index contributed by atoms with van der Waals surface area (Å²) < 4.78 is 1.10. The molecule has 0 aliphatic carbocycles. The maximum atomic E-state index is 11.6. The third-order valence-corrected chi connectivity index (χ3v) is 3.87. The zero-order valence-electron chi connectivity index (χ0n) is 8.76. The van der Waals surface area contributed by atoms with Crippen molar-refractivity contribution in [2.45, 2.75) is 0 Å². The van der Waals surface area contributed by atoms with Gasteiger partial charge in [-0.05, 0) is 40.1 Å². The van der Waals surface area contributed by atoms with Crippen molar-refractivity contribution in [2.75, 3.05) is 0 Å². The number of rotatable bonds is 3. The van der Waals surface area contributed by atoms with E-state index in [1.165, 1.54) is 11.3 Å². The van der Waals surface area contributed by atoms with E-state index in [1.807, 2.05) is 35.7 Å². The predicted molar refractivity (Wildman–Crippen MR) is 78.5 cm³/mol. The molecule has 0 fully saturated rings. The molecule has 0 aliphatic heterocycles. The first-order valence-corrected chi connectivity index (χ1v) is 6.84. The summed E-state index contributed by atoms with van der Waals surface area (Å²) in [5, 5.41) is 5.80. The molecule has 2 aromatic rings. The number of nitrogens with one attached hydrogen (secondary N) is 1. The number of benzene rings is 1. The summed E-state index contributed by atoms with van der Waals surface area (Å²) in [5.74, 6) is -0.179. The number of carbonyl (C=O) groups is 1. The first kappa shape index (κ1) is 12.3. The van der Waals surface area contributed by atoms with Gasteiger partial charge in [0.05, 0.1) is 11.1 Å². The van der Waals surface area contributed by atoms with Crippen molar-refractivity contribution < 1.29 is 4.79 Å². The van der Waals surface area contributed by atoms with Crippen molar-refractivity contribution in [2.24, 2.45) is 5.10 Å². The molecule has 0 bridgehead atoms. The average Bonchev–Trinajstić information content (AvgIpc) is 2.85. The molecule has 0 atom stereocenters. The van der Waals surface area contributed by atoms with E-state index in [-0.39, 0.29) is 5.91 Å². The molecular weight excluding hydrogens is 347 g/mol. The summed E-state index contributed by atoms with van der Waals surface area (Å²) in [6.45, 7) is 0. The summed E-state index contributed by atoms with van der Waals surface area (Å²) >= 11 is 3.62. The zero-order chi connectivity index (χ0) is 12.1. The summed E-state index contributed by atoms with van der Waals surface area (Å²) in [5.41, 5.74) is 3.48. The van der Waals surface area contributed by atoms with Gasteiger partial charge in [-0.2, -0.15) is 5.10 Å². The van der Waals surface area contributed by atoms with Gasteiger partial charge in [-0.3, -0.25) is 4.79 Å². The largest absolute Gasteiger partial charge is 0.281 e. The number of hydrogen-bond donors (Lipinski definition) is 1. The van der Waals surface area contributed by atoms with E-state index < -0.39 is 0 Å². The van der Waals surface area contributed by atoms with Gasteiger partial charge in [0, 0.05) is 9.13 Å². The Morgan fingerprint density at radius 2 is 2.12 bits per heavy atom. The Labute approximate surface area is 117 Å². The lowest BCUT2D eigenvalue weighted by Crippen LogP contribution is -2.16. The normalized spacial score (nSPS) is 10.6. The molecule has 0 unspecified atom stereocenters. The average molecular weight is 356 g/mol. The van der Waals surface area contributed by atoms with Gasteiger partial charge >= 0.3 is 0 Å². The van der Waals surface area contributed by atoms with Crippen molar-refractivity contribution in [1.82, 2.24) is 5.43 Å². The van der Waals surface area contributed by atoms with Crippen LogP contribution in [0.5, 0.6) is 0 Å². The van der Waals surface area contributed by atoms with Crippen LogP contribution in [0.3, 0.4) is 0 Å². The topological polar surface area (TPSA) is 41.5 Å². The monoisotopic (exact) mass is 356 g/mol. The highest BCUT2D eigenvalue weighted by Gasteiger charge is 2.03. The molecule has 0 spiro atoms. The Morgan fingerprint density at radius 1 is 1.29 bits per heavy atom. The molecule has 1 heterocycles. The van der Waals surface area contributed by atoms with Crippen molar-refractivity contribution in [3.8, 4) is 0 Å². The Bertz CT molecular complexity index is 537. The lowest BCUT2D eigenvalue weighted by Gasteiger charge is -1.97. The van der Waals surface area contributed by atoms with Gasteiger partial charge in [0.1, 0.15) is 0 Å². The Kier molecular flexibility index (Phi) is 4.27. The second kappa shape index (κ2) is 5.92. The molecule has 0 saturated heterocycles. The van der Waals surface area contributed by atoms with E-state index in [1.54, 1.807) is 12.3 Å². The SMILES string of the molecule is O=C(N/N=C\c1ccccc1I)c1cccs1. The van der Waals surface area contributed by atoms with Crippen molar-refractivity contribution >= 4 is 46.0 Å². The number of hydrazone groups is 1.